The van der Waals surface area contributed by atoms with E-state index >= 15 is 0 Å². The van der Waals surface area contributed by atoms with E-state index in [9.17, 15) is 8.42 Å². The van der Waals surface area contributed by atoms with Gasteiger partial charge in [0, 0.05) is 12.1 Å². The third-order valence-corrected chi connectivity index (χ3v) is 4.70. The molecular weight excluding hydrogens is 260 g/mol. The first-order valence-electron chi connectivity index (χ1n) is 6.78. The number of rotatable bonds is 7. The first-order valence-corrected chi connectivity index (χ1v) is 8.26. The third kappa shape index (κ3) is 4.60. The second-order valence-corrected chi connectivity index (χ2v) is 6.59. The van der Waals surface area contributed by atoms with Crippen molar-refractivity contribution in [2.75, 3.05) is 0 Å². The van der Waals surface area contributed by atoms with Crippen LogP contribution in [0.3, 0.4) is 0 Å². The van der Waals surface area contributed by atoms with Gasteiger partial charge >= 0.3 is 0 Å². The van der Waals surface area contributed by atoms with Crippen molar-refractivity contribution in [1.29, 1.82) is 0 Å². The lowest BCUT2D eigenvalue weighted by Gasteiger charge is -2.16. The molecule has 3 N–H and O–H groups in total. The molecular formula is C14H24N2O2S. The van der Waals surface area contributed by atoms with Crippen LogP contribution >= 0.6 is 0 Å². The minimum atomic E-state index is -3.43. The van der Waals surface area contributed by atoms with Gasteiger partial charge in [-0.15, -0.1) is 0 Å². The zero-order chi connectivity index (χ0) is 14.5. The molecule has 4 nitrogen and oxygen atoms in total. The highest BCUT2D eigenvalue weighted by atomic mass is 32.2. The quantitative estimate of drug-likeness (QED) is 0.808. The van der Waals surface area contributed by atoms with E-state index in [2.05, 4.69) is 4.72 Å². The van der Waals surface area contributed by atoms with Crippen molar-refractivity contribution in [2.45, 2.75) is 57.0 Å². The second-order valence-electron chi connectivity index (χ2n) is 4.87. The van der Waals surface area contributed by atoms with Crippen LogP contribution < -0.4 is 10.5 Å². The SMILES string of the molecule is CCCC(CC)NS(=O)(=O)c1ccc(C(C)N)cc1. The molecule has 0 aromatic heterocycles. The Bertz CT molecular complexity index is 481. The van der Waals surface area contributed by atoms with Crippen LogP contribution in [0.4, 0.5) is 0 Å². The molecule has 0 aliphatic heterocycles. The van der Waals surface area contributed by atoms with E-state index in [4.69, 9.17) is 5.73 Å². The Morgan fingerprint density at radius 3 is 2.21 bits per heavy atom. The summed E-state index contributed by atoms with van der Waals surface area (Å²) in [6.45, 7) is 5.91. The largest absolute Gasteiger partial charge is 0.324 e. The molecule has 0 aliphatic carbocycles. The van der Waals surface area contributed by atoms with Crippen LogP contribution in [0.5, 0.6) is 0 Å². The van der Waals surface area contributed by atoms with Crippen LogP contribution in [-0.2, 0) is 10.0 Å². The molecule has 0 saturated carbocycles. The van der Waals surface area contributed by atoms with Crippen molar-refractivity contribution in [3.8, 4) is 0 Å². The summed E-state index contributed by atoms with van der Waals surface area (Å²) >= 11 is 0. The average Bonchev–Trinajstić information content (AvgIpc) is 2.38. The van der Waals surface area contributed by atoms with Crippen LogP contribution in [0.2, 0.25) is 0 Å². The minimum Gasteiger partial charge on any atom is -0.324 e. The molecule has 2 unspecified atom stereocenters. The number of hydrogen-bond acceptors (Lipinski definition) is 3. The van der Waals surface area contributed by atoms with Crippen molar-refractivity contribution in [2.24, 2.45) is 5.73 Å². The molecule has 1 aromatic rings. The predicted molar refractivity (Wildman–Crippen MR) is 78.4 cm³/mol. The summed E-state index contributed by atoms with van der Waals surface area (Å²) in [6.07, 6.45) is 2.61. The average molecular weight is 284 g/mol. The second kappa shape index (κ2) is 7.03. The molecule has 1 aromatic carbocycles. The fourth-order valence-electron chi connectivity index (χ4n) is 1.93. The van der Waals surface area contributed by atoms with Gasteiger partial charge in [0.2, 0.25) is 10.0 Å². The molecule has 0 spiro atoms. The van der Waals surface area contributed by atoms with Crippen LogP contribution in [0.25, 0.3) is 0 Å². The molecule has 0 saturated heterocycles. The van der Waals surface area contributed by atoms with Crippen molar-refractivity contribution in [3.63, 3.8) is 0 Å². The lowest BCUT2D eigenvalue weighted by Crippen LogP contribution is -2.34. The Hall–Kier alpha value is -0.910. The number of hydrogen-bond donors (Lipinski definition) is 2. The molecule has 0 aliphatic rings. The van der Waals surface area contributed by atoms with Gasteiger partial charge in [-0.25, -0.2) is 13.1 Å². The maximum Gasteiger partial charge on any atom is 0.240 e. The summed E-state index contributed by atoms with van der Waals surface area (Å²) in [5.41, 5.74) is 6.68. The van der Waals surface area contributed by atoms with Gasteiger partial charge in [0.1, 0.15) is 0 Å². The number of nitrogens with one attached hydrogen (secondary N) is 1. The highest BCUT2D eigenvalue weighted by Crippen LogP contribution is 2.16. The van der Waals surface area contributed by atoms with Gasteiger partial charge < -0.3 is 5.73 Å². The molecule has 0 radical (unpaired) electrons. The van der Waals surface area contributed by atoms with E-state index in [0.29, 0.717) is 4.90 Å². The third-order valence-electron chi connectivity index (χ3n) is 3.17. The van der Waals surface area contributed by atoms with E-state index in [1.807, 2.05) is 20.8 Å². The molecule has 0 heterocycles. The van der Waals surface area contributed by atoms with E-state index in [-0.39, 0.29) is 12.1 Å². The van der Waals surface area contributed by atoms with E-state index < -0.39 is 10.0 Å². The molecule has 5 heteroatoms. The summed E-state index contributed by atoms with van der Waals surface area (Å²) < 4.78 is 27.2. The van der Waals surface area contributed by atoms with E-state index in [1.165, 1.54) is 0 Å². The maximum absolute atomic E-state index is 12.2. The molecule has 19 heavy (non-hydrogen) atoms. The van der Waals surface area contributed by atoms with Crippen molar-refractivity contribution >= 4 is 10.0 Å². The number of benzene rings is 1. The zero-order valence-corrected chi connectivity index (χ0v) is 12.7. The lowest BCUT2D eigenvalue weighted by molar-refractivity contribution is 0.512. The summed E-state index contributed by atoms with van der Waals surface area (Å²) in [4.78, 5) is 0.298. The van der Waals surface area contributed by atoms with Crippen LogP contribution in [-0.4, -0.2) is 14.5 Å². The fourth-order valence-corrected chi connectivity index (χ4v) is 3.29. The van der Waals surface area contributed by atoms with E-state index in [1.54, 1.807) is 24.3 Å². The highest BCUT2D eigenvalue weighted by Gasteiger charge is 2.18. The first-order chi connectivity index (χ1) is 8.90. The van der Waals surface area contributed by atoms with Crippen molar-refractivity contribution < 1.29 is 8.42 Å². The molecule has 0 fully saturated rings. The van der Waals surface area contributed by atoms with E-state index in [0.717, 1.165) is 24.8 Å². The summed E-state index contributed by atoms with van der Waals surface area (Å²) in [5.74, 6) is 0. The molecule has 108 valence electrons. The van der Waals surface area contributed by atoms with Crippen LogP contribution in [0.15, 0.2) is 29.2 Å². The fraction of sp³-hybridized carbons (Fsp3) is 0.571. The smallest absolute Gasteiger partial charge is 0.240 e. The maximum atomic E-state index is 12.2. The monoisotopic (exact) mass is 284 g/mol. The van der Waals surface area contributed by atoms with Gasteiger partial charge in [0.05, 0.1) is 4.90 Å². The van der Waals surface area contributed by atoms with Gasteiger partial charge in [-0.2, -0.15) is 0 Å². The standard InChI is InChI=1S/C14H24N2O2S/c1-4-6-13(5-2)16-19(17,18)14-9-7-12(8-10-14)11(3)15/h7-11,13,16H,4-6,15H2,1-3H3. The molecule has 0 bridgehead atoms. The predicted octanol–water partition coefficient (Wildman–Crippen LogP) is 2.56. The van der Waals surface area contributed by atoms with Gasteiger partial charge in [-0.3, -0.25) is 0 Å². The minimum absolute atomic E-state index is 0.00288. The number of sulfonamides is 1. The molecule has 1 rings (SSSR count). The normalized spacial score (nSPS) is 15.2. The van der Waals surface area contributed by atoms with Crippen LogP contribution in [0.1, 0.15) is 51.6 Å². The summed E-state index contributed by atoms with van der Waals surface area (Å²) in [7, 11) is -3.43. The Morgan fingerprint density at radius 2 is 1.79 bits per heavy atom. The Balaban J connectivity index is 2.87. The summed E-state index contributed by atoms with van der Waals surface area (Å²) in [5, 5.41) is 0. The van der Waals surface area contributed by atoms with Gasteiger partial charge in [0.15, 0.2) is 0 Å². The number of nitrogens with two attached hydrogens (primary N) is 1. The van der Waals surface area contributed by atoms with Gasteiger partial charge in [-0.05, 0) is 37.5 Å². The zero-order valence-electron chi connectivity index (χ0n) is 11.9. The first kappa shape index (κ1) is 16.1. The van der Waals surface area contributed by atoms with Crippen LogP contribution in [0, 0.1) is 0 Å². The summed E-state index contributed by atoms with van der Waals surface area (Å²) in [6, 6.07) is 6.66. The molecule has 0 amide bonds. The highest BCUT2D eigenvalue weighted by molar-refractivity contribution is 7.89. The van der Waals surface area contributed by atoms with Gasteiger partial charge in [-0.1, -0.05) is 32.4 Å². The topological polar surface area (TPSA) is 72.2 Å². The van der Waals surface area contributed by atoms with Crippen molar-refractivity contribution in [3.05, 3.63) is 29.8 Å². The lowest BCUT2D eigenvalue weighted by atomic mass is 10.1. The van der Waals surface area contributed by atoms with Crippen molar-refractivity contribution in [1.82, 2.24) is 4.72 Å². The Kier molecular flexibility index (Phi) is 5.97. The Labute approximate surface area is 116 Å². The molecule has 2 atom stereocenters. The Morgan fingerprint density at radius 1 is 1.21 bits per heavy atom. The van der Waals surface area contributed by atoms with Gasteiger partial charge in [0.25, 0.3) is 0 Å².